The lowest BCUT2D eigenvalue weighted by molar-refractivity contribution is 0.0692. The number of benzene rings is 1. The van der Waals surface area contributed by atoms with E-state index in [1.807, 2.05) is 6.92 Å². The number of amides is 2. The van der Waals surface area contributed by atoms with E-state index in [0.29, 0.717) is 6.42 Å². The van der Waals surface area contributed by atoms with Crippen molar-refractivity contribution in [3.8, 4) is 12.3 Å². The van der Waals surface area contributed by atoms with E-state index in [0.717, 1.165) is 18.6 Å². The Morgan fingerprint density at radius 3 is 2.75 bits per heavy atom. The van der Waals surface area contributed by atoms with Crippen LogP contribution in [0.2, 0.25) is 0 Å². The number of carboxylic acids is 1. The smallest absolute Gasteiger partial charge is 0.338 e. The molecule has 0 saturated heterocycles. The van der Waals surface area contributed by atoms with Gasteiger partial charge < -0.3 is 15.7 Å². The summed E-state index contributed by atoms with van der Waals surface area (Å²) in [4.78, 5) is 22.4. The molecular formula is C14H15FN2O3. The zero-order chi connectivity index (χ0) is 15.1. The van der Waals surface area contributed by atoms with E-state index in [1.54, 1.807) is 0 Å². The largest absolute Gasteiger partial charge is 0.478 e. The van der Waals surface area contributed by atoms with E-state index in [-0.39, 0.29) is 5.69 Å². The summed E-state index contributed by atoms with van der Waals surface area (Å²) in [6.07, 6.45) is 6.71. The van der Waals surface area contributed by atoms with E-state index in [2.05, 4.69) is 16.6 Å². The topological polar surface area (TPSA) is 78.4 Å². The summed E-state index contributed by atoms with van der Waals surface area (Å²) in [7, 11) is 0. The van der Waals surface area contributed by atoms with Crippen LogP contribution in [0.1, 0.15) is 30.1 Å². The number of carboxylic acid groups (broad SMARTS) is 1. The van der Waals surface area contributed by atoms with Crippen molar-refractivity contribution in [3.63, 3.8) is 0 Å². The molecule has 0 radical (unpaired) electrons. The number of hydrogen-bond donors (Lipinski definition) is 3. The second kappa shape index (κ2) is 7.14. The highest BCUT2D eigenvalue weighted by Crippen LogP contribution is 2.14. The Morgan fingerprint density at radius 1 is 1.50 bits per heavy atom. The van der Waals surface area contributed by atoms with Crippen molar-refractivity contribution in [1.82, 2.24) is 5.32 Å². The van der Waals surface area contributed by atoms with Gasteiger partial charge in [-0.2, -0.15) is 0 Å². The van der Waals surface area contributed by atoms with Crippen LogP contribution in [0, 0.1) is 18.2 Å². The van der Waals surface area contributed by atoms with Crippen LogP contribution >= 0.6 is 0 Å². The lowest BCUT2D eigenvalue weighted by Gasteiger charge is -2.13. The minimum absolute atomic E-state index is 0.175. The molecule has 1 rings (SSSR count). The van der Waals surface area contributed by atoms with E-state index in [4.69, 9.17) is 11.5 Å². The quantitative estimate of drug-likeness (QED) is 0.724. The van der Waals surface area contributed by atoms with Crippen LogP contribution in [0.3, 0.4) is 0 Å². The van der Waals surface area contributed by atoms with Crippen molar-refractivity contribution in [2.75, 3.05) is 5.32 Å². The Hall–Kier alpha value is -2.55. The normalized spacial score (nSPS) is 11.2. The first-order chi connectivity index (χ1) is 9.47. The number of urea groups is 1. The van der Waals surface area contributed by atoms with Crippen molar-refractivity contribution >= 4 is 17.7 Å². The van der Waals surface area contributed by atoms with Crippen LogP contribution in [-0.4, -0.2) is 23.1 Å². The maximum absolute atomic E-state index is 13.2. The Balaban J connectivity index is 2.74. The number of rotatable bonds is 5. The molecule has 5 nitrogen and oxygen atoms in total. The van der Waals surface area contributed by atoms with E-state index < -0.39 is 29.4 Å². The predicted molar refractivity (Wildman–Crippen MR) is 73.0 cm³/mol. The van der Waals surface area contributed by atoms with Crippen molar-refractivity contribution in [2.24, 2.45) is 0 Å². The number of carbonyl (C=O) groups is 2. The molecule has 0 aromatic heterocycles. The molecule has 0 saturated carbocycles. The third kappa shape index (κ3) is 4.28. The predicted octanol–water partition coefficient (Wildman–Crippen LogP) is 2.45. The highest BCUT2D eigenvalue weighted by Gasteiger charge is 2.13. The Bertz CT molecular complexity index is 552. The zero-order valence-electron chi connectivity index (χ0n) is 10.9. The molecule has 0 heterocycles. The molecule has 1 unspecified atom stereocenters. The van der Waals surface area contributed by atoms with Gasteiger partial charge in [0.2, 0.25) is 0 Å². The molecule has 0 aliphatic heterocycles. The van der Waals surface area contributed by atoms with Gasteiger partial charge in [-0.1, -0.05) is 19.3 Å². The third-order valence-corrected chi connectivity index (χ3v) is 2.54. The molecule has 0 fully saturated rings. The van der Waals surface area contributed by atoms with Gasteiger partial charge in [0.15, 0.2) is 0 Å². The molecule has 3 N–H and O–H groups in total. The van der Waals surface area contributed by atoms with Gasteiger partial charge in [0.05, 0.1) is 11.6 Å². The standard InChI is InChI=1S/C14H15FN2O3/c1-3-5-9(4-2)16-14(20)17-10-6-7-12(15)11(8-10)13(18)19/h2,6-9H,3,5H2,1H3,(H,18,19)(H2,16,17,20). The molecule has 0 bridgehead atoms. The van der Waals surface area contributed by atoms with Gasteiger partial charge >= 0.3 is 12.0 Å². The number of hydrogen-bond acceptors (Lipinski definition) is 2. The first kappa shape index (κ1) is 15.5. The third-order valence-electron chi connectivity index (χ3n) is 2.54. The van der Waals surface area contributed by atoms with E-state index >= 15 is 0 Å². The summed E-state index contributed by atoms with van der Waals surface area (Å²) < 4.78 is 13.2. The molecule has 0 aliphatic carbocycles. The second-order valence-electron chi connectivity index (χ2n) is 4.11. The lowest BCUT2D eigenvalue weighted by atomic mass is 10.2. The highest BCUT2D eigenvalue weighted by atomic mass is 19.1. The fourth-order valence-corrected chi connectivity index (χ4v) is 1.58. The summed E-state index contributed by atoms with van der Waals surface area (Å²) >= 11 is 0. The zero-order valence-corrected chi connectivity index (χ0v) is 10.9. The average Bonchev–Trinajstić information content (AvgIpc) is 2.40. The van der Waals surface area contributed by atoms with E-state index in [9.17, 15) is 14.0 Å². The van der Waals surface area contributed by atoms with Gasteiger partial charge in [0, 0.05) is 5.69 Å². The lowest BCUT2D eigenvalue weighted by Crippen LogP contribution is -2.37. The van der Waals surface area contributed by atoms with Gasteiger partial charge in [-0.3, -0.25) is 0 Å². The molecule has 1 aromatic rings. The van der Waals surface area contributed by atoms with Gasteiger partial charge in [0.25, 0.3) is 0 Å². The minimum atomic E-state index is -1.40. The van der Waals surface area contributed by atoms with Crippen LogP contribution in [0.4, 0.5) is 14.9 Å². The molecule has 20 heavy (non-hydrogen) atoms. The van der Waals surface area contributed by atoms with Crippen molar-refractivity contribution in [3.05, 3.63) is 29.6 Å². The number of nitrogens with one attached hydrogen (secondary N) is 2. The molecule has 2 amide bonds. The summed E-state index contributed by atoms with van der Waals surface area (Å²) in [6, 6.07) is 2.32. The average molecular weight is 278 g/mol. The first-order valence-electron chi connectivity index (χ1n) is 6.04. The number of anilines is 1. The first-order valence-corrected chi connectivity index (χ1v) is 6.04. The number of aromatic carboxylic acids is 1. The fraction of sp³-hybridized carbons (Fsp3) is 0.286. The minimum Gasteiger partial charge on any atom is -0.478 e. The van der Waals surface area contributed by atoms with Crippen molar-refractivity contribution < 1.29 is 19.1 Å². The van der Waals surface area contributed by atoms with Gasteiger partial charge in [-0.15, -0.1) is 6.42 Å². The number of terminal acetylenes is 1. The van der Waals surface area contributed by atoms with Gasteiger partial charge in [-0.25, -0.2) is 14.0 Å². The number of halogens is 1. The van der Waals surface area contributed by atoms with Gasteiger partial charge in [0.1, 0.15) is 5.82 Å². The van der Waals surface area contributed by atoms with Crippen LogP contribution < -0.4 is 10.6 Å². The molecule has 6 heteroatoms. The molecule has 0 aliphatic rings. The monoisotopic (exact) mass is 278 g/mol. The van der Waals surface area contributed by atoms with Crippen LogP contribution in [0.25, 0.3) is 0 Å². The summed E-state index contributed by atoms with van der Waals surface area (Å²) in [5.41, 5.74) is -0.335. The molecule has 106 valence electrons. The molecule has 1 aromatic carbocycles. The Labute approximate surface area is 116 Å². The van der Waals surface area contributed by atoms with Crippen LogP contribution in [-0.2, 0) is 0 Å². The maximum Gasteiger partial charge on any atom is 0.338 e. The maximum atomic E-state index is 13.2. The Kier molecular flexibility index (Phi) is 5.54. The molecule has 0 spiro atoms. The van der Waals surface area contributed by atoms with Crippen LogP contribution in [0.5, 0.6) is 0 Å². The van der Waals surface area contributed by atoms with E-state index in [1.165, 1.54) is 6.07 Å². The van der Waals surface area contributed by atoms with Crippen molar-refractivity contribution in [1.29, 1.82) is 0 Å². The Morgan fingerprint density at radius 2 is 2.20 bits per heavy atom. The highest BCUT2D eigenvalue weighted by molar-refractivity contribution is 5.93. The molecular weight excluding hydrogens is 263 g/mol. The van der Waals surface area contributed by atoms with Crippen LogP contribution in [0.15, 0.2) is 18.2 Å². The summed E-state index contributed by atoms with van der Waals surface area (Å²) in [6.45, 7) is 1.93. The molecule has 1 atom stereocenters. The SMILES string of the molecule is C#CC(CCC)NC(=O)Nc1ccc(F)c(C(=O)O)c1. The fourth-order valence-electron chi connectivity index (χ4n) is 1.58. The summed E-state index contributed by atoms with van der Waals surface area (Å²) in [5, 5.41) is 13.7. The van der Waals surface area contributed by atoms with Crippen molar-refractivity contribution in [2.45, 2.75) is 25.8 Å². The number of carbonyl (C=O) groups excluding carboxylic acids is 1. The summed E-state index contributed by atoms with van der Waals surface area (Å²) in [5.74, 6) is 0.164. The van der Waals surface area contributed by atoms with Gasteiger partial charge in [-0.05, 0) is 24.6 Å². The second-order valence-corrected chi connectivity index (χ2v) is 4.11.